The molecule has 1 aliphatic heterocycles. The summed E-state index contributed by atoms with van der Waals surface area (Å²) in [5.74, 6) is 0.286. The molecule has 0 saturated carbocycles. The van der Waals surface area contributed by atoms with E-state index in [-0.39, 0.29) is 23.5 Å². The smallest absolute Gasteiger partial charge is 0.258 e. The number of nitrogens with zero attached hydrogens (tertiary/aromatic N) is 1. The van der Waals surface area contributed by atoms with Gasteiger partial charge in [0.15, 0.2) is 6.61 Å². The predicted octanol–water partition coefficient (Wildman–Crippen LogP) is 2.17. The minimum Gasteiger partial charge on any atom is -0.484 e. The lowest BCUT2D eigenvalue weighted by Crippen LogP contribution is -2.40. The molecule has 1 fully saturated rings. The van der Waals surface area contributed by atoms with Crippen molar-refractivity contribution in [1.29, 1.82) is 0 Å². The van der Waals surface area contributed by atoms with Gasteiger partial charge in [-0.1, -0.05) is 26.2 Å². The Hall–Kier alpha value is -1.64. The summed E-state index contributed by atoms with van der Waals surface area (Å²) in [4.78, 5) is 12.2. The molecule has 8 heteroatoms. The fourth-order valence-electron chi connectivity index (χ4n) is 2.88. The maximum Gasteiger partial charge on any atom is 0.258 e. The van der Waals surface area contributed by atoms with Crippen molar-refractivity contribution in [2.24, 2.45) is 0 Å². The third-order valence-electron chi connectivity index (χ3n) is 4.45. The van der Waals surface area contributed by atoms with Crippen LogP contribution < -0.4 is 10.1 Å². The summed E-state index contributed by atoms with van der Waals surface area (Å²) in [5, 5.41) is 2.91. The van der Waals surface area contributed by atoms with E-state index in [1.807, 2.05) is 6.92 Å². The zero-order valence-corrected chi connectivity index (χ0v) is 17.0. The van der Waals surface area contributed by atoms with Crippen LogP contribution in [0.4, 0.5) is 0 Å². The molecule has 152 valence electrons. The summed E-state index contributed by atoms with van der Waals surface area (Å²) in [6.45, 7) is 5.58. The van der Waals surface area contributed by atoms with Crippen LogP contribution in [0.15, 0.2) is 29.2 Å². The molecule has 27 heavy (non-hydrogen) atoms. The molecule has 1 heterocycles. The van der Waals surface area contributed by atoms with Crippen molar-refractivity contribution in [3.05, 3.63) is 24.3 Å². The van der Waals surface area contributed by atoms with Gasteiger partial charge in [0, 0.05) is 19.1 Å². The van der Waals surface area contributed by atoms with Crippen LogP contribution in [-0.2, 0) is 19.6 Å². The minimum atomic E-state index is -3.52. The van der Waals surface area contributed by atoms with Crippen LogP contribution in [0, 0.1) is 0 Å². The second-order valence-electron chi connectivity index (χ2n) is 6.74. The largest absolute Gasteiger partial charge is 0.484 e. The van der Waals surface area contributed by atoms with Gasteiger partial charge in [0.25, 0.3) is 5.91 Å². The molecule has 0 aromatic heterocycles. The Labute approximate surface area is 162 Å². The molecule has 0 unspecified atom stereocenters. The Bertz CT molecular complexity index is 685. The molecule has 1 amide bonds. The standard InChI is InChI=1S/C19H30N2O5S/c1-3-4-5-6-16(2)20-19(22)15-26-17-7-9-18(10-8-17)27(23,24)21-11-13-25-14-12-21/h7-10,16H,3-6,11-15H2,1-2H3,(H,20,22)/t16-/m0/s1. The normalized spacial score (nSPS) is 16.7. The van der Waals surface area contributed by atoms with Crippen LogP contribution in [0.25, 0.3) is 0 Å². The third kappa shape index (κ3) is 6.79. The van der Waals surface area contributed by atoms with Gasteiger partial charge < -0.3 is 14.8 Å². The molecule has 0 aliphatic carbocycles. The number of unbranched alkanes of at least 4 members (excludes halogenated alkanes) is 2. The van der Waals surface area contributed by atoms with E-state index in [1.165, 1.54) is 16.4 Å². The highest BCUT2D eigenvalue weighted by Gasteiger charge is 2.26. The maximum atomic E-state index is 12.6. The van der Waals surface area contributed by atoms with Crippen LogP contribution >= 0.6 is 0 Å². The van der Waals surface area contributed by atoms with Crippen molar-refractivity contribution in [2.45, 2.75) is 50.5 Å². The molecule has 1 atom stereocenters. The fraction of sp³-hybridized carbons (Fsp3) is 0.632. The Balaban J connectivity index is 1.82. The minimum absolute atomic E-state index is 0.0896. The van der Waals surface area contributed by atoms with E-state index < -0.39 is 10.0 Å². The molecule has 7 nitrogen and oxygen atoms in total. The average Bonchev–Trinajstić information content (AvgIpc) is 2.67. The lowest BCUT2D eigenvalue weighted by Gasteiger charge is -2.26. The van der Waals surface area contributed by atoms with Gasteiger partial charge in [-0.25, -0.2) is 8.42 Å². The number of nitrogens with one attached hydrogen (secondary N) is 1. The van der Waals surface area contributed by atoms with E-state index in [0.717, 1.165) is 25.7 Å². The van der Waals surface area contributed by atoms with Crippen LogP contribution in [-0.4, -0.2) is 57.6 Å². The van der Waals surface area contributed by atoms with Crippen molar-refractivity contribution in [3.63, 3.8) is 0 Å². The first-order chi connectivity index (χ1) is 12.9. The third-order valence-corrected chi connectivity index (χ3v) is 6.36. The molecule has 1 N–H and O–H groups in total. The molecule has 0 radical (unpaired) electrons. The number of hydrogen-bond acceptors (Lipinski definition) is 5. The molecular formula is C19H30N2O5S. The van der Waals surface area contributed by atoms with Crippen LogP contribution in [0.1, 0.15) is 39.5 Å². The van der Waals surface area contributed by atoms with Crippen molar-refractivity contribution in [2.75, 3.05) is 32.9 Å². The number of carbonyl (C=O) groups excluding carboxylic acids is 1. The van der Waals surface area contributed by atoms with E-state index in [0.29, 0.717) is 32.1 Å². The van der Waals surface area contributed by atoms with E-state index in [2.05, 4.69) is 12.2 Å². The molecule has 2 rings (SSSR count). The van der Waals surface area contributed by atoms with Crippen LogP contribution in [0.2, 0.25) is 0 Å². The first-order valence-electron chi connectivity index (χ1n) is 9.53. The van der Waals surface area contributed by atoms with Crippen molar-refractivity contribution < 1.29 is 22.7 Å². The molecule has 1 aromatic rings. The fourth-order valence-corrected chi connectivity index (χ4v) is 4.29. The van der Waals surface area contributed by atoms with Crippen LogP contribution in [0.3, 0.4) is 0 Å². The van der Waals surface area contributed by atoms with Gasteiger partial charge in [-0.15, -0.1) is 0 Å². The van der Waals surface area contributed by atoms with Crippen LogP contribution in [0.5, 0.6) is 5.75 Å². The number of morpholine rings is 1. The maximum absolute atomic E-state index is 12.6. The number of ether oxygens (including phenoxy) is 2. The van der Waals surface area contributed by atoms with E-state index in [1.54, 1.807) is 12.1 Å². The van der Waals surface area contributed by atoms with Gasteiger partial charge in [-0.2, -0.15) is 4.31 Å². The Morgan fingerprint density at radius 1 is 1.22 bits per heavy atom. The summed E-state index contributed by atoms with van der Waals surface area (Å²) in [6.07, 6.45) is 4.36. The molecular weight excluding hydrogens is 368 g/mol. The van der Waals surface area contributed by atoms with Gasteiger partial charge >= 0.3 is 0 Å². The second kappa shape index (κ2) is 10.6. The first kappa shape index (κ1) is 21.7. The SMILES string of the molecule is CCCCC[C@H](C)NC(=O)COc1ccc(S(=O)(=O)N2CCOCC2)cc1. The number of rotatable bonds is 10. The summed E-state index contributed by atoms with van der Waals surface area (Å²) >= 11 is 0. The highest BCUT2D eigenvalue weighted by molar-refractivity contribution is 7.89. The van der Waals surface area contributed by atoms with Crippen molar-refractivity contribution in [1.82, 2.24) is 9.62 Å². The molecule has 1 aliphatic rings. The number of hydrogen-bond donors (Lipinski definition) is 1. The predicted molar refractivity (Wildman–Crippen MR) is 103 cm³/mol. The summed E-state index contributed by atoms with van der Waals surface area (Å²) in [5.41, 5.74) is 0. The van der Waals surface area contributed by atoms with Gasteiger partial charge in [0.2, 0.25) is 10.0 Å². The first-order valence-corrected chi connectivity index (χ1v) is 11.0. The second-order valence-corrected chi connectivity index (χ2v) is 8.68. The zero-order chi connectivity index (χ0) is 19.7. The number of carbonyl (C=O) groups is 1. The number of sulfonamides is 1. The van der Waals surface area contributed by atoms with Crippen molar-refractivity contribution >= 4 is 15.9 Å². The molecule has 1 aromatic carbocycles. The quantitative estimate of drug-likeness (QED) is 0.611. The van der Waals surface area contributed by atoms with E-state index in [4.69, 9.17) is 9.47 Å². The lowest BCUT2D eigenvalue weighted by molar-refractivity contribution is -0.123. The summed E-state index contributed by atoms with van der Waals surface area (Å²) < 4.78 is 37.2. The number of amides is 1. The van der Waals surface area contributed by atoms with Gasteiger partial charge in [-0.3, -0.25) is 4.79 Å². The van der Waals surface area contributed by atoms with E-state index in [9.17, 15) is 13.2 Å². The van der Waals surface area contributed by atoms with Gasteiger partial charge in [-0.05, 0) is 37.6 Å². The Morgan fingerprint density at radius 2 is 1.89 bits per heavy atom. The zero-order valence-electron chi connectivity index (χ0n) is 16.1. The van der Waals surface area contributed by atoms with Gasteiger partial charge in [0.05, 0.1) is 18.1 Å². The lowest BCUT2D eigenvalue weighted by atomic mass is 10.1. The monoisotopic (exact) mass is 398 g/mol. The molecule has 0 spiro atoms. The average molecular weight is 399 g/mol. The molecule has 1 saturated heterocycles. The van der Waals surface area contributed by atoms with Crippen molar-refractivity contribution in [3.8, 4) is 5.75 Å². The highest BCUT2D eigenvalue weighted by atomic mass is 32.2. The Morgan fingerprint density at radius 3 is 2.52 bits per heavy atom. The highest BCUT2D eigenvalue weighted by Crippen LogP contribution is 2.20. The van der Waals surface area contributed by atoms with Gasteiger partial charge in [0.1, 0.15) is 5.75 Å². The number of benzene rings is 1. The molecule has 0 bridgehead atoms. The van der Waals surface area contributed by atoms with E-state index >= 15 is 0 Å². The summed E-state index contributed by atoms with van der Waals surface area (Å²) in [7, 11) is -3.52. The topological polar surface area (TPSA) is 84.9 Å². The summed E-state index contributed by atoms with van der Waals surface area (Å²) in [6, 6.07) is 6.28. The Kier molecular flexibility index (Phi) is 8.53.